The zero-order chi connectivity index (χ0) is 19.1. The maximum absolute atomic E-state index is 12.2. The number of ketones is 1. The van der Waals surface area contributed by atoms with Gasteiger partial charge in [-0.05, 0) is 31.2 Å². The van der Waals surface area contributed by atoms with Crippen molar-refractivity contribution in [3.05, 3.63) is 53.3 Å². The molecule has 0 saturated carbocycles. The number of rotatable bonds is 5. The molecule has 1 aromatic carbocycles. The fourth-order valence-corrected chi connectivity index (χ4v) is 2.04. The number of nitrogens with one attached hydrogen (secondary N) is 1. The molecule has 2 aromatic rings. The fraction of sp³-hybridized carbons (Fsp3) is 0.222. The maximum atomic E-state index is 12.2. The highest BCUT2D eigenvalue weighted by molar-refractivity contribution is 5.98. The number of aromatic nitrogens is 2. The Balaban J connectivity index is 2.08. The summed E-state index contributed by atoms with van der Waals surface area (Å²) in [6, 6.07) is 5.21. The van der Waals surface area contributed by atoms with Crippen LogP contribution in [0.2, 0.25) is 0 Å². The van der Waals surface area contributed by atoms with Crippen molar-refractivity contribution in [1.29, 1.82) is 0 Å². The quantitative estimate of drug-likeness (QED) is 0.531. The van der Waals surface area contributed by atoms with Crippen LogP contribution in [0.3, 0.4) is 0 Å². The summed E-state index contributed by atoms with van der Waals surface area (Å²) >= 11 is 0. The number of hydrogen-bond donors (Lipinski definition) is 4. The normalized spacial score (nSPS) is 12.4. The second-order valence-corrected chi connectivity index (χ2v) is 5.47. The van der Waals surface area contributed by atoms with E-state index >= 15 is 0 Å². The van der Waals surface area contributed by atoms with Gasteiger partial charge in [-0.25, -0.2) is 9.97 Å². The molecule has 0 radical (unpaired) electrons. The van der Waals surface area contributed by atoms with Crippen LogP contribution >= 0.6 is 0 Å². The Morgan fingerprint density at radius 1 is 1.15 bits per heavy atom. The van der Waals surface area contributed by atoms with E-state index in [0.29, 0.717) is 16.7 Å². The van der Waals surface area contributed by atoms with Crippen molar-refractivity contribution in [3.8, 4) is 11.8 Å². The lowest BCUT2D eigenvalue weighted by molar-refractivity contribution is -0.125. The molecule has 1 aromatic heterocycles. The van der Waals surface area contributed by atoms with Crippen molar-refractivity contribution in [2.24, 2.45) is 0 Å². The van der Waals surface area contributed by atoms with E-state index < -0.39 is 30.4 Å². The second-order valence-electron chi connectivity index (χ2n) is 5.47. The number of nitrogen functional groups attached to an aromatic ring is 1. The van der Waals surface area contributed by atoms with Crippen LogP contribution in [0.1, 0.15) is 28.4 Å². The van der Waals surface area contributed by atoms with E-state index in [1.807, 2.05) is 0 Å². The number of benzene rings is 1. The first-order valence-electron chi connectivity index (χ1n) is 7.73. The van der Waals surface area contributed by atoms with E-state index in [1.54, 1.807) is 24.3 Å². The van der Waals surface area contributed by atoms with Crippen molar-refractivity contribution in [1.82, 2.24) is 15.3 Å². The Hall–Kier alpha value is -3.28. The van der Waals surface area contributed by atoms with Crippen molar-refractivity contribution in [2.75, 3.05) is 12.3 Å². The standard InChI is InChI=1S/C18H18N4O4/c1-11(24)16(15(25)10-23)22-17(26)14-6-4-12(5-7-14)2-3-13-8-20-18(19)21-9-13/h4-9,11,16,23-24H,10H2,1H3,(H,22,26)(H2,19,20,21)/t11-,16+/m1/s1. The molecule has 2 rings (SSSR count). The predicted molar refractivity (Wildman–Crippen MR) is 93.9 cm³/mol. The van der Waals surface area contributed by atoms with Crippen LogP contribution in [0, 0.1) is 11.8 Å². The Morgan fingerprint density at radius 2 is 1.73 bits per heavy atom. The molecule has 0 aliphatic rings. The van der Waals surface area contributed by atoms with E-state index in [0.717, 1.165) is 0 Å². The highest BCUT2D eigenvalue weighted by Gasteiger charge is 2.25. The summed E-state index contributed by atoms with van der Waals surface area (Å²) < 4.78 is 0. The molecular formula is C18H18N4O4. The average Bonchev–Trinajstić information content (AvgIpc) is 2.65. The smallest absolute Gasteiger partial charge is 0.251 e. The number of carbonyl (C=O) groups is 2. The minimum absolute atomic E-state index is 0.168. The Labute approximate surface area is 150 Å². The van der Waals surface area contributed by atoms with Crippen molar-refractivity contribution >= 4 is 17.6 Å². The summed E-state index contributed by atoms with van der Waals surface area (Å²) in [5.41, 5.74) is 6.96. The fourth-order valence-electron chi connectivity index (χ4n) is 2.04. The summed E-state index contributed by atoms with van der Waals surface area (Å²) in [6.45, 7) is 0.595. The molecule has 0 spiro atoms. The van der Waals surface area contributed by atoms with E-state index in [-0.39, 0.29) is 5.95 Å². The minimum Gasteiger partial charge on any atom is -0.391 e. The molecule has 26 heavy (non-hydrogen) atoms. The number of amides is 1. The monoisotopic (exact) mass is 354 g/mol. The van der Waals surface area contributed by atoms with Crippen LogP contribution in [-0.2, 0) is 4.79 Å². The molecule has 0 unspecified atom stereocenters. The average molecular weight is 354 g/mol. The van der Waals surface area contributed by atoms with E-state index in [2.05, 4.69) is 27.1 Å². The number of nitrogens with zero attached hydrogens (tertiary/aromatic N) is 2. The van der Waals surface area contributed by atoms with Crippen molar-refractivity contribution in [3.63, 3.8) is 0 Å². The first kappa shape index (κ1) is 19.1. The highest BCUT2D eigenvalue weighted by Crippen LogP contribution is 2.06. The summed E-state index contributed by atoms with van der Waals surface area (Å²) in [5, 5.41) is 20.9. The molecule has 1 amide bonds. The molecular weight excluding hydrogens is 336 g/mol. The first-order valence-corrected chi connectivity index (χ1v) is 7.73. The molecule has 8 nitrogen and oxygen atoms in total. The molecule has 0 aliphatic heterocycles. The zero-order valence-corrected chi connectivity index (χ0v) is 14.0. The van der Waals surface area contributed by atoms with Crippen LogP contribution in [-0.4, -0.2) is 50.6 Å². The summed E-state index contributed by atoms with van der Waals surface area (Å²) in [5.74, 6) is 4.74. The van der Waals surface area contributed by atoms with Gasteiger partial charge in [-0.15, -0.1) is 0 Å². The molecule has 0 aliphatic carbocycles. The third-order valence-corrected chi connectivity index (χ3v) is 3.44. The molecule has 5 N–H and O–H groups in total. The number of aliphatic hydroxyl groups excluding tert-OH is 2. The Morgan fingerprint density at radius 3 is 2.27 bits per heavy atom. The van der Waals surface area contributed by atoms with Gasteiger partial charge in [0.25, 0.3) is 5.91 Å². The lowest BCUT2D eigenvalue weighted by Gasteiger charge is -2.19. The van der Waals surface area contributed by atoms with Gasteiger partial charge in [0.1, 0.15) is 12.6 Å². The number of aliphatic hydroxyl groups is 2. The topological polar surface area (TPSA) is 138 Å². The molecule has 1 heterocycles. The molecule has 2 atom stereocenters. The SMILES string of the molecule is C[C@@H](O)[C@H](NC(=O)c1ccc(C#Cc2cnc(N)nc2)cc1)C(=O)CO. The van der Waals surface area contributed by atoms with Crippen LogP contribution in [0.15, 0.2) is 36.7 Å². The van der Waals surface area contributed by atoms with Crippen molar-refractivity contribution in [2.45, 2.75) is 19.1 Å². The number of nitrogens with two attached hydrogens (primary N) is 1. The number of Topliss-reactive ketones (excluding diaryl/α,β-unsaturated/α-hetero) is 1. The molecule has 134 valence electrons. The van der Waals surface area contributed by atoms with E-state index in [9.17, 15) is 14.7 Å². The second kappa shape index (κ2) is 8.71. The van der Waals surface area contributed by atoms with Crippen LogP contribution in [0.25, 0.3) is 0 Å². The van der Waals surface area contributed by atoms with E-state index in [4.69, 9.17) is 10.8 Å². The van der Waals surface area contributed by atoms with Gasteiger partial charge in [0.15, 0.2) is 5.78 Å². The Kier molecular flexibility index (Phi) is 6.38. The lowest BCUT2D eigenvalue weighted by atomic mass is 10.1. The summed E-state index contributed by atoms with van der Waals surface area (Å²) in [7, 11) is 0. The highest BCUT2D eigenvalue weighted by atomic mass is 16.3. The van der Waals surface area contributed by atoms with Gasteiger partial charge in [-0.2, -0.15) is 0 Å². The zero-order valence-electron chi connectivity index (χ0n) is 14.0. The van der Waals surface area contributed by atoms with Gasteiger partial charge < -0.3 is 21.3 Å². The number of carbonyl (C=O) groups excluding carboxylic acids is 2. The van der Waals surface area contributed by atoms with Gasteiger partial charge in [0, 0.05) is 23.5 Å². The third kappa shape index (κ3) is 5.11. The predicted octanol–water partition coefficient (Wildman–Crippen LogP) is -0.501. The summed E-state index contributed by atoms with van der Waals surface area (Å²) in [4.78, 5) is 31.4. The van der Waals surface area contributed by atoms with Crippen molar-refractivity contribution < 1.29 is 19.8 Å². The maximum Gasteiger partial charge on any atom is 0.251 e. The molecule has 0 fully saturated rings. The van der Waals surface area contributed by atoms with Gasteiger partial charge >= 0.3 is 0 Å². The lowest BCUT2D eigenvalue weighted by Crippen LogP contribution is -2.48. The minimum atomic E-state index is -1.17. The summed E-state index contributed by atoms with van der Waals surface area (Å²) in [6.07, 6.45) is 1.89. The van der Waals surface area contributed by atoms with Crippen LogP contribution < -0.4 is 11.1 Å². The van der Waals surface area contributed by atoms with Gasteiger partial charge in [0.2, 0.25) is 5.95 Å². The first-order chi connectivity index (χ1) is 12.4. The van der Waals surface area contributed by atoms with Crippen LogP contribution in [0.5, 0.6) is 0 Å². The number of anilines is 1. The van der Waals surface area contributed by atoms with Gasteiger partial charge in [0.05, 0.1) is 11.7 Å². The largest absolute Gasteiger partial charge is 0.391 e. The third-order valence-electron chi connectivity index (χ3n) is 3.44. The van der Waals surface area contributed by atoms with E-state index in [1.165, 1.54) is 19.3 Å². The molecule has 0 bridgehead atoms. The Bertz CT molecular complexity index is 836. The molecule has 8 heteroatoms. The van der Waals surface area contributed by atoms with Gasteiger partial charge in [-0.1, -0.05) is 11.8 Å². The number of hydrogen-bond acceptors (Lipinski definition) is 7. The molecule has 0 saturated heterocycles. The van der Waals surface area contributed by atoms with Gasteiger partial charge in [-0.3, -0.25) is 9.59 Å². The van der Waals surface area contributed by atoms with Crippen LogP contribution in [0.4, 0.5) is 5.95 Å².